The predicted molar refractivity (Wildman–Crippen MR) is 125 cm³/mol. The van der Waals surface area contributed by atoms with Crippen molar-refractivity contribution in [1.29, 1.82) is 0 Å². The van der Waals surface area contributed by atoms with Crippen molar-refractivity contribution in [3.05, 3.63) is 41.5 Å². The second kappa shape index (κ2) is 11.4. The minimum absolute atomic E-state index is 0. The molecule has 2 aliphatic rings. The molecule has 0 saturated heterocycles. The molecule has 1 aromatic carbocycles. The van der Waals surface area contributed by atoms with Crippen LogP contribution in [-0.4, -0.2) is 36.2 Å². The van der Waals surface area contributed by atoms with Crippen LogP contribution in [0.2, 0.25) is 0 Å². The number of hydrogen-bond donors (Lipinski definition) is 3. The summed E-state index contributed by atoms with van der Waals surface area (Å²) in [5.74, 6) is 0.683. The van der Waals surface area contributed by atoms with Gasteiger partial charge in [-0.3, -0.25) is 4.79 Å². The van der Waals surface area contributed by atoms with Crippen LogP contribution in [0.3, 0.4) is 0 Å². The van der Waals surface area contributed by atoms with Crippen molar-refractivity contribution in [2.45, 2.75) is 58.5 Å². The Morgan fingerprint density at radius 2 is 1.79 bits per heavy atom. The molecule has 2 fully saturated rings. The highest BCUT2D eigenvalue weighted by molar-refractivity contribution is 5.85. The van der Waals surface area contributed by atoms with Gasteiger partial charge in [-0.05, 0) is 63.5 Å². The summed E-state index contributed by atoms with van der Waals surface area (Å²) in [5.41, 5.74) is 2.17. The predicted octanol–water partition coefficient (Wildman–Crippen LogP) is 4.78. The van der Waals surface area contributed by atoms with Crippen LogP contribution in [0.15, 0.2) is 35.9 Å². The van der Waals surface area contributed by atoms with Gasteiger partial charge in [-0.2, -0.15) is 0 Å². The molecule has 0 spiro atoms. The molecule has 6 heteroatoms. The Balaban J connectivity index is 0.00000210. The van der Waals surface area contributed by atoms with Crippen molar-refractivity contribution in [3.63, 3.8) is 0 Å². The molecule has 0 unspecified atom stereocenters. The molecule has 0 amide bonds. The maximum atomic E-state index is 11.2. The quantitative estimate of drug-likeness (QED) is 0.487. The Morgan fingerprint density at radius 3 is 2.38 bits per heavy atom. The fourth-order valence-electron chi connectivity index (χ4n) is 3.93. The first kappa shape index (κ1) is 26.0. The fraction of sp³-hybridized carbons (Fsp3) is 0.609. The molecule has 0 heterocycles. The smallest absolute Gasteiger partial charge is 0.310 e. The molecule has 2 saturated carbocycles. The number of carbonyl (C=O) groups is 1. The van der Waals surface area contributed by atoms with E-state index in [1.807, 2.05) is 0 Å². The first-order chi connectivity index (χ1) is 12.9. The molecule has 2 atom stereocenters. The molecule has 2 aliphatic carbocycles. The van der Waals surface area contributed by atoms with Crippen LogP contribution in [0.25, 0.3) is 6.08 Å². The van der Waals surface area contributed by atoms with E-state index in [4.69, 9.17) is 0 Å². The number of carboxylic acids is 1. The molecule has 3 rings (SSSR count). The molecular weight excluding hydrogens is 407 g/mol. The van der Waals surface area contributed by atoms with Gasteiger partial charge in [0, 0.05) is 18.6 Å². The largest absolute Gasteiger partial charge is 0.481 e. The summed E-state index contributed by atoms with van der Waals surface area (Å²) in [5, 5.41) is 16.4. The zero-order valence-corrected chi connectivity index (χ0v) is 19.3. The molecule has 29 heavy (non-hydrogen) atoms. The van der Waals surface area contributed by atoms with E-state index in [2.05, 4.69) is 54.0 Å². The highest BCUT2D eigenvalue weighted by Crippen LogP contribution is 2.40. The van der Waals surface area contributed by atoms with Crippen molar-refractivity contribution in [3.8, 4) is 0 Å². The third-order valence-electron chi connectivity index (χ3n) is 6.14. The van der Waals surface area contributed by atoms with Crippen LogP contribution in [0.4, 0.5) is 0 Å². The van der Waals surface area contributed by atoms with Gasteiger partial charge in [0.25, 0.3) is 0 Å². The third kappa shape index (κ3) is 7.29. The van der Waals surface area contributed by atoms with Gasteiger partial charge in [-0.15, -0.1) is 24.8 Å². The van der Waals surface area contributed by atoms with Gasteiger partial charge in [0.2, 0.25) is 0 Å². The average molecular weight is 443 g/mol. The molecule has 0 aromatic heterocycles. The molecule has 3 N–H and O–H groups in total. The fourth-order valence-corrected chi connectivity index (χ4v) is 3.93. The Hall–Kier alpha value is -1.07. The zero-order chi connectivity index (χ0) is 19.4. The molecule has 0 radical (unpaired) electrons. The molecule has 0 bridgehead atoms. The van der Waals surface area contributed by atoms with Crippen LogP contribution < -0.4 is 10.6 Å². The second-order valence-electron chi connectivity index (χ2n) is 8.94. The first-order valence-corrected chi connectivity index (χ1v) is 10.3. The van der Waals surface area contributed by atoms with Crippen LogP contribution in [0, 0.1) is 17.3 Å². The summed E-state index contributed by atoms with van der Waals surface area (Å²) in [6, 6.07) is 11.7. The lowest BCUT2D eigenvalue weighted by Gasteiger charge is -2.37. The first-order valence-electron chi connectivity index (χ1n) is 10.3. The van der Waals surface area contributed by atoms with Crippen molar-refractivity contribution in [1.82, 2.24) is 10.6 Å². The second-order valence-corrected chi connectivity index (χ2v) is 8.94. The number of halogens is 2. The Bertz CT molecular complexity index is 673. The monoisotopic (exact) mass is 442 g/mol. The molecule has 4 nitrogen and oxygen atoms in total. The van der Waals surface area contributed by atoms with E-state index in [0.717, 1.165) is 31.7 Å². The maximum absolute atomic E-state index is 11.2. The van der Waals surface area contributed by atoms with E-state index in [-0.39, 0.29) is 24.8 Å². The van der Waals surface area contributed by atoms with E-state index >= 15 is 0 Å². The van der Waals surface area contributed by atoms with Crippen molar-refractivity contribution in [2.24, 2.45) is 17.3 Å². The average Bonchev–Trinajstić information content (AvgIpc) is 3.38. The van der Waals surface area contributed by atoms with Gasteiger partial charge >= 0.3 is 5.97 Å². The Morgan fingerprint density at radius 1 is 1.14 bits per heavy atom. The van der Waals surface area contributed by atoms with E-state index in [1.54, 1.807) is 19.4 Å². The van der Waals surface area contributed by atoms with Gasteiger partial charge < -0.3 is 15.7 Å². The normalized spacial score (nSPS) is 26.0. The minimum atomic E-state index is -0.734. The van der Waals surface area contributed by atoms with Gasteiger partial charge in [0.15, 0.2) is 0 Å². The van der Waals surface area contributed by atoms with Crippen LogP contribution in [-0.2, 0) is 4.79 Å². The van der Waals surface area contributed by atoms with Crippen molar-refractivity contribution < 1.29 is 9.90 Å². The zero-order valence-electron chi connectivity index (χ0n) is 17.7. The van der Waals surface area contributed by atoms with Crippen molar-refractivity contribution in [2.75, 3.05) is 13.1 Å². The number of hydrogen-bond acceptors (Lipinski definition) is 3. The summed E-state index contributed by atoms with van der Waals surface area (Å²) < 4.78 is 0. The Kier molecular flexibility index (Phi) is 10.2. The SMILES string of the molecule is CC/C(=C\c1ccccc1)[C@@H]1C[C@H]1NCC1CC(NCC(C)(C)C(=O)O)C1.Cl.Cl. The van der Waals surface area contributed by atoms with E-state index < -0.39 is 11.4 Å². The molecule has 164 valence electrons. The number of benzene rings is 1. The van der Waals surface area contributed by atoms with Crippen LogP contribution in [0.5, 0.6) is 0 Å². The van der Waals surface area contributed by atoms with Gasteiger partial charge in [0.05, 0.1) is 5.41 Å². The summed E-state index contributed by atoms with van der Waals surface area (Å²) in [4.78, 5) is 11.2. The molecule has 0 aliphatic heterocycles. The lowest BCUT2D eigenvalue weighted by Crippen LogP contribution is -2.49. The summed E-state index contributed by atoms with van der Waals surface area (Å²) in [6.45, 7) is 7.44. The highest BCUT2D eigenvalue weighted by Gasteiger charge is 2.40. The number of rotatable bonds is 10. The lowest BCUT2D eigenvalue weighted by molar-refractivity contribution is -0.146. The van der Waals surface area contributed by atoms with E-state index in [9.17, 15) is 9.90 Å². The number of carboxylic acid groups (broad SMARTS) is 1. The number of aliphatic carboxylic acids is 1. The molecule has 1 aromatic rings. The highest BCUT2D eigenvalue weighted by atomic mass is 35.5. The van der Waals surface area contributed by atoms with Gasteiger partial charge in [-0.1, -0.05) is 48.9 Å². The Labute approximate surface area is 187 Å². The van der Waals surface area contributed by atoms with E-state index in [1.165, 1.54) is 12.0 Å². The van der Waals surface area contributed by atoms with Crippen LogP contribution in [0.1, 0.15) is 52.0 Å². The standard InChI is InChI=1S/C23H34N2O2.2ClH/c1-4-18(10-16-8-6-5-7-9-16)20-13-21(20)24-14-17-11-19(12-17)25-15-23(2,3)22(26)27;;/h5-10,17,19-21,24-25H,4,11-15H2,1-3H3,(H,26,27);2*1H/b18-10+;;/t17?,19?,20-,21+;;/m0../s1. The van der Waals surface area contributed by atoms with E-state index in [0.29, 0.717) is 24.5 Å². The van der Waals surface area contributed by atoms with Gasteiger partial charge in [0.1, 0.15) is 0 Å². The number of nitrogens with one attached hydrogen (secondary N) is 2. The van der Waals surface area contributed by atoms with Gasteiger partial charge in [-0.25, -0.2) is 0 Å². The summed E-state index contributed by atoms with van der Waals surface area (Å²) >= 11 is 0. The minimum Gasteiger partial charge on any atom is -0.481 e. The summed E-state index contributed by atoms with van der Waals surface area (Å²) in [6.07, 6.45) is 7.04. The molecular formula is C23H36Cl2N2O2. The topological polar surface area (TPSA) is 61.4 Å². The summed E-state index contributed by atoms with van der Waals surface area (Å²) in [7, 11) is 0. The third-order valence-corrected chi connectivity index (χ3v) is 6.14. The maximum Gasteiger partial charge on any atom is 0.310 e. The van der Waals surface area contributed by atoms with Crippen molar-refractivity contribution >= 4 is 36.9 Å². The lowest BCUT2D eigenvalue weighted by atomic mass is 9.79. The van der Waals surface area contributed by atoms with Crippen LogP contribution >= 0.6 is 24.8 Å².